The van der Waals surface area contributed by atoms with Crippen molar-refractivity contribution < 1.29 is 19.5 Å². The summed E-state index contributed by atoms with van der Waals surface area (Å²) in [5.74, 6) is -0.655. The number of aromatic nitrogens is 1. The molecule has 2 aromatic rings. The maximum absolute atomic E-state index is 13.1. The van der Waals surface area contributed by atoms with Crippen LogP contribution in [0.4, 0.5) is 11.5 Å². The topological polar surface area (TPSA) is 103 Å². The van der Waals surface area contributed by atoms with Crippen molar-refractivity contribution in [3.63, 3.8) is 0 Å². The number of amides is 3. The minimum atomic E-state index is -0.796. The fourth-order valence-electron chi connectivity index (χ4n) is 3.94. The number of hydrogen-bond acceptors (Lipinski definition) is 5. The van der Waals surface area contributed by atoms with Crippen LogP contribution in [0.15, 0.2) is 42.6 Å². The van der Waals surface area contributed by atoms with Gasteiger partial charge in [-0.15, -0.1) is 0 Å². The average Bonchev–Trinajstić information content (AvgIpc) is 2.99. The summed E-state index contributed by atoms with van der Waals surface area (Å²) in [6.45, 7) is 2.00. The molecule has 1 saturated heterocycles. The van der Waals surface area contributed by atoms with E-state index >= 15 is 0 Å². The van der Waals surface area contributed by atoms with Gasteiger partial charge in [0.1, 0.15) is 5.66 Å². The Bertz CT molecular complexity index is 976. The van der Waals surface area contributed by atoms with Crippen molar-refractivity contribution in [2.45, 2.75) is 31.8 Å². The molecule has 28 heavy (non-hydrogen) atoms. The van der Waals surface area contributed by atoms with Crippen LogP contribution < -0.4 is 10.2 Å². The molecule has 8 nitrogen and oxygen atoms in total. The van der Waals surface area contributed by atoms with Crippen molar-refractivity contribution in [3.8, 4) is 5.75 Å². The summed E-state index contributed by atoms with van der Waals surface area (Å²) in [5, 5.41) is 12.3. The first-order chi connectivity index (χ1) is 13.4. The third kappa shape index (κ3) is 2.77. The Balaban J connectivity index is 1.56. The van der Waals surface area contributed by atoms with Crippen LogP contribution in [0.5, 0.6) is 5.75 Å². The van der Waals surface area contributed by atoms with Gasteiger partial charge in [-0.05, 0) is 37.6 Å². The summed E-state index contributed by atoms with van der Waals surface area (Å²) < 4.78 is 0. The van der Waals surface area contributed by atoms with Crippen LogP contribution >= 0.6 is 0 Å². The maximum atomic E-state index is 13.1. The Morgan fingerprint density at radius 3 is 2.82 bits per heavy atom. The number of benzene rings is 1. The van der Waals surface area contributed by atoms with Gasteiger partial charge in [0.25, 0.3) is 5.91 Å². The predicted octanol–water partition coefficient (Wildman–Crippen LogP) is 2.11. The zero-order valence-corrected chi connectivity index (χ0v) is 15.4. The molecule has 2 N–H and O–H groups in total. The van der Waals surface area contributed by atoms with Gasteiger partial charge < -0.3 is 15.3 Å². The van der Waals surface area contributed by atoms with Crippen LogP contribution in [0, 0.1) is 0 Å². The van der Waals surface area contributed by atoms with Crippen molar-refractivity contribution in [1.82, 2.24) is 9.88 Å². The van der Waals surface area contributed by atoms with Gasteiger partial charge >= 0.3 is 0 Å². The Labute approximate surface area is 161 Å². The molecular weight excluding hydrogens is 360 g/mol. The number of nitrogens with one attached hydrogen (secondary N) is 1. The van der Waals surface area contributed by atoms with Gasteiger partial charge in [-0.3, -0.25) is 19.3 Å². The summed E-state index contributed by atoms with van der Waals surface area (Å²) in [6, 6.07) is 10.0. The molecule has 1 aromatic carbocycles. The molecular formula is C20H20N4O4. The Morgan fingerprint density at radius 1 is 1.25 bits per heavy atom. The zero-order chi connectivity index (χ0) is 19.9. The van der Waals surface area contributed by atoms with Gasteiger partial charge in [0.15, 0.2) is 11.6 Å². The number of aromatic hydroxyl groups is 1. The second kappa shape index (κ2) is 6.63. The van der Waals surface area contributed by atoms with Crippen molar-refractivity contribution >= 4 is 29.2 Å². The monoisotopic (exact) mass is 380 g/mol. The minimum absolute atomic E-state index is 0.0154. The molecule has 144 valence electrons. The van der Waals surface area contributed by atoms with E-state index in [0.717, 1.165) is 0 Å². The first kappa shape index (κ1) is 18.0. The highest BCUT2D eigenvalue weighted by atomic mass is 16.3. The number of carbonyl (C=O) groups is 3. The molecule has 3 heterocycles. The highest BCUT2D eigenvalue weighted by Crippen LogP contribution is 2.43. The summed E-state index contributed by atoms with van der Waals surface area (Å²) in [6.07, 6.45) is 2.34. The van der Waals surface area contributed by atoms with E-state index in [9.17, 15) is 19.5 Å². The Morgan fingerprint density at radius 2 is 2.04 bits per heavy atom. The molecule has 1 aromatic heterocycles. The molecule has 0 aliphatic carbocycles. The van der Waals surface area contributed by atoms with Gasteiger partial charge in [-0.2, -0.15) is 0 Å². The van der Waals surface area contributed by atoms with E-state index in [0.29, 0.717) is 24.1 Å². The smallest absolute Gasteiger partial charge is 0.257 e. The van der Waals surface area contributed by atoms with Crippen LogP contribution in [0.25, 0.3) is 0 Å². The third-order valence-corrected chi connectivity index (χ3v) is 5.35. The van der Waals surface area contributed by atoms with E-state index in [2.05, 4.69) is 10.3 Å². The number of rotatable bonds is 4. The molecule has 2 aliphatic rings. The lowest BCUT2D eigenvalue weighted by Gasteiger charge is -2.48. The van der Waals surface area contributed by atoms with Crippen LogP contribution in [0.2, 0.25) is 0 Å². The number of carbonyl (C=O) groups excluding carboxylic acids is 3. The Hall–Kier alpha value is -3.42. The third-order valence-electron chi connectivity index (χ3n) is 5.35. The fourth-order valence-corrected chi connectivity index (χ4v) is 3.94. The average molecular weight is 380 g/mol. The molecule has 0 saturated carbocycles. The van der Waals surface area contributed by atoms with Crippen molar-refractivity contribution in [1.29, 1.82) is 0 Å². The number of para-hydroxylation sites is 1. The number of anilines is 2. The first-order valence-electron chi connectivity index (χ1n) is 9.10. The number of pyridine rings is 1. The summed E-state index contributed by atoms with van der Waals surface area (Å²) in [5.41, 5.74) is 0.283. The van der Waals surface area contributed by atoms with Crippen LogP contribution in [0.3, 0.4) is 0 Å². The van der Waals surface area contributed by atoms with Crippen molar-refractivity contribution in [3.05, 3.63) is 48.2 Å². The number of hydrogen-bond donors (Lipinski definition) is 2. The van der Waals surface area contributed by atoms with Gasteiger partial charge in [-0.1, -0.05) is 12.1 Å². The SMILES string of the molecule is C[C@@]12CCC(=O)N1c1ccccc1C(=O)N2CCC(=O)Nc1ncccc1O. The van der Waals surface area contributed by atoms with Gasteiger partial charge in [0.2, 0.25) is 11.8 Å². The van der Waals surface area contributed by atoms with Crippen molar-refractivity contribution in [2.75, 3.05) is 16.8 Å². The fraction of sp³-hybridized carbons (Fsp3) is 0.300. The number of nitrogens with zero attached hydrogens (tertiary/aromatic N) is 3. The van der Waals surface area contributed by atoms with Crippen LogP contribution in [0.1, 0.15) is 36.5 Å². The molecule has 2 aliphatic heterocycles. The standard InChI is InChI=1S/C20H20N4O4/c1-20-10-8-17(27)24(20)14-6-3-2-5-13(14)19(28)23(20)12-9-16(26)22-18-15(25)7-4-11-21-18/h2-7,11,25H,8-10,12H2,1H3,(H,21,22,26)/t20-/m0/s1. The van der Waals surface area contributed by atoms with Crippen LogP contribution in [-0.4, -0.2) is 44.9 Å². The van der Waals surface area contributed by atoms with Crippen molar-refractivity contribution in [2.24, 2.45) is 0 Å². The Kier molecular flexibility index (Phi) is 4.26. The van der Waals surface area contributed by atoms with E-state index in [1.165, 1.54) is 12.3 Å². The second-order valence-electron chi connectivity index (χ2n) is 7.09. The summed E-state index contributed by atoms with van der Waals surface area (Å²) >= 11 is 0. The predicted molar refractivity (Wildman–Crippen MR) is 102 cm³/mol. The minimum Gasteiger partial charge on any atom is -0.504 e. The van der Waals surface area contributed by atoms with E-state index < -0.39 is 5.66 Å². The van der Waals surface area contributed by atoms with E-state index in [4.69, 9.17) is 0 Å². The molecule has 0 radical (unpaired) electrons. The number of fused-ring (bicyclic) bond motifs is 3. The largest absolute Gasteiger partial charge is 0.504 e. The van der Waals surface area contributed by atoms with Gasteiger partial charge in [-0.25, -0.2) is 4.98 Å². The highest BCUT2D eigenvalue weighted by molar-refractivity contribution is 6.10. The molecule has 1 fully saturated rings. The zero-order valence-electron chi connectivity index (χ0n) is 15.4. The molecule has 8 heteroatoms. The first-order valence-corrected chi connectivity index (χ1v) is 9.10. The summed E-state index contributed by atoms with van der Waals surface area (Å²) in [7, 11) is 0. The molecule has 1 atom stereocenters. The van der Waals surface area contributed by atoms with Gasteiger partial charge in [0, 0.05) is 25.6 Å². The molecule has 0 bridgehead atoms. The molecule has 0 spiro atoms. The van der Waals surface area contributed by atoms with E-state index in [1.807, 2.05) is 6.92 Å². The lowest BCUT2D eigenvalue weighted by Crippen LogP contribution is -2.62. The quantitative estimate of drug-likeness (QED) is 0.846. The van der Waals surface area contributed by atoms with Gasteiger partial charge in [0.05, 0.1) is 11.3 Å². The van der Waals surface area contributed by atoms with E-state index in [-0.39, 0.29) is 42.3 Å². The van der Waals surface area contributed by atoms with Crippen LogP contribution in [-0.2, 0) is 9.59 Å². The molecule has 0 unspecified atom stereocenters. The molecule has 3 amide bonds. The van der Waals surface area contributed by atoms with E-state index in [1.54, 1.807) is 40.1 Å². The maximum Gasteiger partial charge on any atom is 0.257 e. The highest BCUT2D eigenvalue weighted by Gasteiger charge is 2.52. The lowest BCUT2D eigenvalue weighted by atomic mass is 9.98. The second-order valence-corrected chi connectivity index (χ2v) is 7.09. The lowest BCUT2D eigenvalue weighted by molar-refractivity contribution is -0.117. The summed E-state index contributed by atoms with van der Waals surface area (Å²) in [4.78, 5) is 45.1. The molecule has 4 rings (SSSR count). The normalized spacial score (nSPS) is 20.8.